The molecule has 3 heteroatoms. The summed E-state index contributed by atoms with van der Waals surface area (Å²) in [4.78, 5) is 5.26. The molecule has 2 aliphatic heterocycles. The van der Waals surface area contributed by atoms with Crippen LogP contribution in [0.15, 0.2) is 11.6 Å². The minimum Gasteiger partial charge on any atom is -0.379 e. The van der Waals surface area contributed by atoms with Gasteiger partial charge in [0.05, 0.1) is 13.2 Å². The minimum absolute atomic E-state index is 0.134. The van der Waals surface area contributed by atoms with E-state index in [1.165, 1.54) is 32.4 Å². The molecule has 1 unspecified atom stereocenters. The van der Waals surface area contributed by atoms with Gasteiger partial charge in [0.15, 0.2) is 0 Å². The monoisotopic (exact) mass is 280 g/mol. The number of rotatable bonds is 4. The van der Waals surface area contributed by atoms with Crippen molar-refractivity contribution in [2.24, 2.45) is 0 Å². The molecule has 0 bridgehead atoms. The molecule has 0 spiro atoms. The van der Waals surface area contributed by atoms with Gasteiger partial charge in [-0.05, 0) is 59.2 Å². The Morgan fingerprint density at radius 2 is 1.65 bits per heavy atom. The maximum Gasteiger partial charge on any atom is 0.0594 e. The molecule has 20 heavy (non-hydrogen) atoms. The van der Waals surface area contributed by atoms with E-state index in [0.29, 0.717) is 6.04 Å². The van der Waals surface area contributed by atoms with E-state index in [0.717, 1.165) is 26.3 Å². The highest BCUT2D eigenvalue weighted by Crippen LogP contribution is 2.30. The molecule has 0 amide bonds. The summed E-state index contributed by atoms with van der Waals surface area (Å²) in [6.45, 7) is 15.7. The Balaban J connectivity index is 2.08. The van der Waals surface area contributed by atoms with Gasteiger partial charge in [0.1, 0.15) is 0 Å². The highest BCUT2D eigenvalue weighted by Gasteiger charge is 2.35. The molecule has 0 N–H and O–H groups in total. The second-order valence-corrected chi connectivity index (χ2v) is 6.68. The molecule has 0 radical (unpaired) electrons. The van der Waals surface area contributed by atoms with E-state index in [2.05, 4.69) is 43.6 Å². The first kappa shape index (κ1) is 16.0. The molecule has 116 valence electrons. The Kier molecular flexibility index (Phi) is 5.65. The average Bonchev–Trinajstić information content (AvgIpc) is 2.49. The number of likely N-dealkylation sites (tertiary alicyclic amines) is 1. The highest BCUT2D eigenvalue weighted by molar-refractivity contribution is 5.23. The second kappa shape index (κ2) is 7.06. The summed E-state index contributed by atoms with van der Waals surface area (Å²) in [5, 5.41) is 0. The van der Waals surface area contributed by atoms with Gasteiger partial charge >= 0.3 is 0 Å². The van der Waals surface area contributed by atoms with E-state index in [1.807, 2.05) is 0 Å². The number of ether oxygens (including phenoxy) is 1. The van der Waals surface area contributed by atoms with Crippen LogP contribution < -0.4 is 0 Å². The molecule has 2 aliphatic rings. The van der Waals surface area contributed by atoms with Gasteiger partial charge in [-0.2, -0.15) is 0 Å². The highest BCUT2D eigenvalue weighted by atomic mass is 16.5. The Labute approximate surface area is 125 Å². The summed E-state index contributed by atoms with van der Waals surface area (Å²) in [5.74, 6) is 0. The van der Waals surface area contributed by atoms with E-state index in [-0.39, 0.29) is 5.54 Å². The number of allylic oxidation sites excluding steroid dienone is 1. The van der Waals surface area contributed by atoms with Crippen LogP contribution in [0.2, 0.25) is 0 Å². The first-order valence-corrected chi connectivity index (χ1v) is 8.31. The normalized spacial score (nSPS) is 25.7. The first-order valence-electron chi connectivity index (χ1n) is 8.31. The van der Waals surface area contributed by atoms with Gasteiger partial charge in [0.25, 0.3) is 0 Å². The van der Waals surface area contributed by atoms with Gasteiger partial charge in [-0.15, -0.1) is 0 Å². The zero-order valence-corrected chi connectivity index (χ0v) is 13.8. The first-order chi connectivity index (χ1) is 9.57. The van der Waals surface area contributed by atoms with Crippen molar-refractivity contribution in [2.75, 3.05) is 39.4 Å². The Hall–Kier alpha value is -0.380. The Morgan fingerprint density at radius 3 is 2.20 bits per heavy atom. The third kappa shape index (κ3) is 3.44. The molecule has 0 aromatic rings. The molecule has 2 fully saturated rings. The number of piperidine rings is 1. The maximum absolute atomic E-state index is 5.51. The zero-order valence-electron chi connectivity index (χ0n) is 13.8. The van der Waals surface area contributed by atoms with Crippen LogP contribution in [0, 0.1) is 0 Å². The van der Waals surface area contributed by atoms with Gasteiger partial charge in [-0.3, -0.25) is 9.80 Å². The van der Waals surface area contributed by atoms with Gasteiger partial charge in [0.2, 0.25) is 0 Å². The third-order valence-electron chi connectivity index (χ3n) is 5.21. The maximum atomic E-state index is 5.51. The molecular formula is C17H32N2O. The lowest BCUT2D eigenvalue weighted by atomic mass is 9.85. The molecular weight excluding hydrogens is 248 g/mol. The lowest BCUT2D eigenvalue weighted by molar-refractivity contribution is -0.00314. The van der Waals surface area contributed by atoms with E-state index >= 15 is 0 Å². The number of hydrogen-bond donors (Lipinski definition) is 0. The average molecular weight is 280 g/mol. The van der Waals surface area contributed by atoms with Crippen molar-refractivity contribution in [3.05, 3.63) is 11.6 Å². The van der Waals surface area contributed by atoms with Gasteiger partial charge in [0, 0.05) is 24.7 Å². The topological polar surface area (TPSA) is 15.7 Å². The van der Waals surface area contributed by atoms with Crippen LogP contribution in [0.1, 0.15) is 47.0 Å². The molecule has 0 aliphatic carbocycles. The van der Waals surface area contributed by atoms with Crippen LogP contribution in [-0.2, 0) is 4.74 Å². The fourth-order valence-electron chi connectivity index (χ4n) is 3.91. The summed E-state index contributed by atoms with van der Waals surface area (Å²) < 4.78 is 5.51. The SMILES string of the molecule is CC=C(C(C)N1CCCCC1)C(C)(C)N1CCOCC1. The molecule has 2 heterocycles. The van der Waals surface area contributed by atoms with Crippen LogP contribution in [0.4, 0.5) is 0 Å². The summed E-state index contributed by atoms with van der Waals surface area (Å²) in [6, 6.07) is 0.554. The van der Waals surface area contributed by atoms with Crippen molar-refractivity contribution in [3.63, 3.8) is 0 Å². The van der Waals surface area contributed by atoms with Crippen molar-refractivity contribution >= 4 is 0 Å². The fraction of sp³-hybridized carbons (Fsp3) is 0.882. The van der Waals surface area contributed by atoms with Gasteiger partial charge in [-0.25, -0.2) is 0 Å². The summed E-state index contributed by atoms with van der Waals surface area (Å²) >= 11 is 0. The summed E-state index contributed by atoms with van der Waals surface area (Å²) in [7, 11) is 0. The standard InChI is InChI=1S/C17H32N2O/c1-5-16(15(2)18-9-7-6-8-10-18)17(3,4)19-11-13-20-14-12-19/h5,15H,6-14H2,1-4H3. The van der Waals surface area contributed by atoms with Gasteiger partial charge < -0.3 is 4.74 Å². The number of morpholine rings is 1. The van der Waals surface area contributed by atoms with E-state index in [1.54, 1.807) is 5.57 Å². The van der Waals surface area contributed by atoms with E-state index < -0.39 is 0 Å². The van der Waals surface area contributed by atoms with Gasteiger partial charge in [-0.1, -0.05) is 12.5 Å². The molecule has 0 aromatic carbocycles. The second-order valence-electron chi connectivity index (χ2n) is 6.68. The zero-order chi connectivity index (χ0) is 14.6. The van der Waals surface area contributed by atoms with Crippen LogP contribution in [-0.4, -0.2) is 60.8 Å². The lowest BCUT2D eigenvalue weighted by Gasteiger charge is -2.46. The molecule has 0 saturated carbocycles. The fourth-order valence-corrected chi connectivity index (χ4v) is 3.91. The molecule has 2 rings (SSSR count). The van der Waals surface area contributed by atoms with Crippen molar-refractivity contribution in [2.45, 2.75) is 58.5 Å². The number of hydrogen-bond acceptors (Lipinski definition) is 3. The number of nitrogens with zero attached hydrogens (tertiary/aromatic N) is 2. The van der Waals surface area contributed by atoms with Crippen LogP contribution in [0.5, 0.6) is 0 Å². The van der Waals surface area contributed by atoms with Crippen molar-refractivity contribution in [1.29, 1.82) is 0 Å². The van der Waals surface area contributed by atoms with Crippen LogP contribution in [0.3, 0.4) is 0 Å². The quantitative estimate of drug-likeness (QED) is 0.736. The Morgan fingerprint density at radius 1 is 1.05 bits per heavy atom. The molecule has 0 aromatic heterocycles. The van der Waals surface area contributed by atoms with Crippen LogP contribution in [0.25, 0.3) is 0 Å². The van der Waals surface area contributed by atoms with E-state index in [9.17, 15) is 0 Å². The molecule has 3 nitrogen and oxygen atoms in total. The molecule has 2 saturated heterocycles. The largest absolute Gasteiger partial charge is 0.379 e. The summed E-state index contributed by atoms with van der Waals surface area (Å²) in [5.41, 5.74) is 1.70. The van der Waals surface area contributed by atoms with E-state index in [4.69, 9.17) is 4.74 Å². The van der Waals surface area contributed by atoms with Crippen molar-refractivity contribution in [1.82, 2.24) is 9.80 Å². The predicted octanol–water partition coefficient (Wildman–Crippen LogP) is 2.92. The minimum atomic E-state index is 0.134. The third-order valence-corrected chi connectivity index (χ3v) is 5.21. The Bertz CT molecular complexity index is 326. The van der Waals surface area contributed by atoms with Crippen LogP contribution >= 0.6 is 0 Å². The lowest BCUT2D eigenvalue weighted by Crippen LogP contribution is -2.54. The predicted molar refractivity (Wildman–Crippen MR) is 85.1 cm³/mol. The van der Waals surface area contributed by atoms with Crippen molar-refractivity contribution < 1.29 is 4.74 Å². The summed E-state index contributed by atoms with van der Waals surface area (Å²) in [6.07, 6.45) is 6.48. The smallest absolute Gasteiger partial charge is 0.0594 e. The van der Waals surface area contributed by atoms with Crippen molar-refractivity contribution in [3.8, 4) is 0 Å². The molecule has 1 atom stereocenters.